The molecule has 0 fully saturated rings. The topological polar surface area (TPSA) is 27.7 Å². The molecule has 0 atom stereocenters. The second-order valence-corrected chi connectivity index (χ2v) is 16.1. The average Bonchev–Trinajstić information content (AvgIpc) is 3.68. The summed E-state index contributed by atoms with van der Waals surface area (Å²) in [6.45, 7) is 15.8. The standard InChI is InChI=1S/C46H43N4S.Pt/c1-30(2)36-17-13-18-37(31(3)4)45(36)32-24-25-47-44(26-32)50-40-19-9-8-16-38(40)39-23-22-35(28-43(39)50)51-34-15-12-14-33(27-34)48-29-49(46(5,6)7)42-21-11-10-20-41(42)48;/h8-26,29-31H,1-7H3;/q-1;. The first kappa shape index (κ1) is 35.9. The van der Waals surface area contributed by atoms with Crippen molar-refractivity contribution in [2.45, 2.75) is 75.6 Å². The van der Waals surface area contributed by atoms with E-state index < -0.39 is 0 Å². The van der Waals surface area contributed by atoms with Gasteiger partial charge in [0.2, 0.25) is 0 Å². The number of hydrogen-bond donors (Lipinski definition) is 0. The van der Waals surface area contributed by atoms with Gasteiger partial charge >= 0.3 is 0 Å². The third-order valence-corrected chi connectivity index (χ3v) is 10.7. The number of para-hydroxylation sites is 3. The monoisotopic (exact) mass is 878 g/mol. The van der Waals surface area contributed by atoms with E-state index in [0.717, 1.165) is 43.2 Å². The Morgan fingerprint density at radius 2 is 1.33 bits per heavy atom. The summed E-state index contributed by atoms with van der Waals surface area (Å²) in [5.41, 5.74) is 10.7. The van der Waals surface area contributed by atoms with Crippen LogP contribution in [0, 0.1) is 12.1 Å². The zero-order valence-corrected chi connectivity index (χ0v) is 33.8. The van der Waals surface area contributed by atoms with Crippen LogP contribution in [0.1, 0.15) is 71.4 Å². The van der Waals surface area contributed by atoms with Gasteiger partial charge in [-0.2, -0.15) is 24.3 Å². The number of aromatic nitrogens is 4. The third-order valence-electron chi connectivity index (χ3n) is 9.78. The quantitative estimate of drug-likeness (QED) is 0.149. The minimum Gasteiger partial charge on any atom is -0.319 e. The Balaban J connectivity index is 0.00000420. The second kappa shape index (κ2) is 14.2. The van der Waals surface area contributed by atoms with Crippen molar-refractivity contribution in [1.29, 1.82) is 0 Å². The average molecular weight is 879 g/mol. The predicted octanol–water partition coefficient (Wildman–Crippen LogP) is 12.6. The van der Waals surface area contributed by atoms with E-state index in [9.17, 15) is 0 Å². The third kappa shape index (κ3) is 6.44. The smallest absolute Gasteiger partial charge is 0.188 e. The molecule has 3 aromatic heterocycles. The Kier molecular flexibility index (Phi) is 9.80. The SMILES string of the molecule is CC(C)c1cccc(C(C)C)c1-c1ccnc(-n2c3[c-]c(Sc4[c-]c(-n5[cH+]n(C(C)(C)C)c6ccccc65)ccc4)ccc3c3ccccc32)c1.[Pt]. The maximum Gasteiger partial charge on any atom is 0.188 e. The van der Waals surface area contributed by atoms with Crippen molar-refractivity contribution in [3.63, 3.8) is 0 Å². The molecule has 0 spiro atoms. The molecule has 0 N–H and O–H groups in total. The van der Waals surface area contributed by atoms with Gasteiger partial charge in [0, 0.05) is 50.6 Å². The Hall–Kier alpha value is -4.44. The van der Waals surface area contributed by atoms with Crippen LogP contribution in [0.25, 0.3) is 55.5 Å². The van der Waals surface area contributed by atoms with Gasteiger partial charge in [-0.25, -0.2) is 14.1 Å². The molecular formula is C46H43N4PtS-. The van der Waals surface area contributed by atoms with Crippen LogP contribution < -0.4 is 0 Å². The van der Waals surface area contributed by atoms with Crippen LogP contribution in [0.2, 0.25) is 0 Å². The van der Waals surface area contributed by atoms with E-state index >= 15 is 0 Å². The van der Waals surface area contributed by atoms with Crippen LogP contribution >= 0.6 is 11.8 Å². The Morgan fingerprint density at radius 3 is 2.04 bits per heavy atom. The number of nitrogens with zero attached hydrogens (tertiary/aromatic N) is 4. The van der Waals surface area contributed by atoms with Gasteiger partial charge in [-0.1, -0.05) is 80.6 Å². The molecule has 0 radical (unpaired) electrons. The molecule has 52 heavy (non-hydrogen) atoms. The molecule has 0 bridgehead atoms. The zero-order valence-electron chi connectivity index (χ0n) is 30.7. The van der Waals surface area contributed by atoms with Crippen molar-refractivity contribution < 1.29 is 21.1 Å². The van der Waals surface area contributed by atoms with E-state index in [-0.39, 0.29) is 26.6 Å². The Bertz CT molecular complexity index is 2540. The van der Waals surface area contributed by atoms with Gasteiger partial charge in [0.25, 0.3) is 0 Å². The van der Waals surface area contributed by atoms with Crippen molar-refractivity contribution >= 4 is 44.6 Å². The van der Waals surface area contributed by atoms with Gasteiger partial charge in [0.05, 0.1) is 5.54 Å². The maximum absolute atomic E-state index is 4.98. The minimum atomic E-state index is -0.0526. The molecule has 5 aromatic carbocycles. The van der Waals surface area contributed by atoms with E-state index in [1.165, 1.54) is 33.2 Å². The van der Waals surface area contributed by atoms with Gasteiger partial charge in [-0.05, 0) is 90.6 Å². The maximum atomic E-state index is 4.98. The molecule has 0 aliphatic carbocycles. The Labute approximate surface area is 325 Å². The predicted molar refractivity (Wildman–Crippen MR) is 215 cm³/mol. The van der Waals surface area contributed by atoms with Gasteiger partial charge in [0.1, 0.15) is 5.82 Å². The molecule has 0 aliphatic rings. The number of hydrogen-bond acceptors (Lipinski definition) is 2. The van der Waals surface area contributed by atoms with Crippen LogP contribution in [0.3, 0.4) is 0 Å². The van der Waals surface area contributed by atoms with Crippen molar-refractivity contribution in [2.24, 2.45) is 0 Å². The van der Waals surface area contributed by atoms with E-state index in [0.29, 0.717) is 11.8 Å². The van der Waals surface area contributed by atoms with E-state index in [1.807, 2.05) is 6.20 Å². The molecule has 6 heteroatoms. The molecule has 8 aromatic rings. The molecule has 0 saturated heterocycles. The van der Waals surface area contributed by atoms with Crippen LogP contribution in [0.4, 0.5) is 0 Å². The first-order valence-corrected chi connectivity index (χ1v) is 18.7. The number of pyridine rings is 1. The van der Waals surface area contributed by atoms with Crippen LogP contribution in [-0.4, -0.2) is 18.7 Å². The molecule has 0 aliphatic heterocycles. The molecule has 0 unspecified atom stereocenters. The summed E-state index contributed by atoms with van der Waals surface area (Å²) in [5.74, 6) is 1.70. The fraction of sp³-hybridized carbons (Fsp3) is 0.217. The van der Waals surface area contributed by atoms with Gasteiger partial charge in [0.15, 0.2) is 17.4 Å². The van der Waals surface area contributed by atoms with Crippen LogP contribution in [-0.2, 0) is 26.6 Å². The zero-order chi connectivity index (χ0) is 35.4. The molecule has 0 saturated carbocycles. The van der Waals surface area contributed by atoms with Crippen molar-refractivity contribution in [3.05, 3.63) is 145 Å². The summed E-state index contributed by atoms with van der Waals surface area (Å²) in [4.78, 5) is 7.06. The van der Waals surface area contributed by atoms with Crippen molar-refractivity contribution in [2.75, 3.05) is 0 Å². The molecule has 264 valence electrons. The van der Waals surface area contributed by atoms with Gasteiger partial charge in [-0.3, -0.25) is 0 Å². The molecular weight excluding hydrogens is 836 g/mol. The van der Waals surface area contributed by atoms with Crippen LogP contribution in [0.5, 0.6) is 0 Å². The summed E-state index contributed by atoms with van der Waals surface area (Å²) in [7, 11) is 0. The van der Waals surface area contributed by atoms with Crippen LogP contribution in [0.15, 0.2) is 132 Å². The summed E-state index contributed by atoms with van der Waals surface area (Å²) in [5, 5.41) is 2.36. The normalized spacial score (nSPS) is 12.0. The first-order chi connectivity index (χ1) is 24.6. The summed E-state index contributed by atoms with van der Waals surface area (Å²) in [6.07, 6.45) is 4.16. The Morgan fingerprint density at radius 1 is 0.673 bits per heavy atom. The molecule has 0 amide bonds. The summed E-state index contributed by atoms with van der Waals surface area (Å²) < 4.78 is 6.86. The molecule has 8 rings (SSSR count). The minimum absolute atomic E-state index is 0. The van der Waals surface area contributed by atoms with E-state index in [4.69, 9.17) is 4.98 Å². The van der Waals surface area contributed by atoms with Gasteiger partial charge in [-0.15, -0.1) is 34.2 Å². The summed E-state index contributed by atoms with van der Waals surface area (Å²) >= 11 is 1.69. The first-order valence-electron chi connectivity index (χ1n) is 17.9. The van der Waals surface area contributed by atoms with Crippen molar-refractivity contribution in [3.8, 4) is 22.6 Å². The fourth-order valence-electron chi connectivity index (χ4n) is 7.34. The van der Waals surface area contributed by atoms with Crippen molar-refractivity contribution in [1.82, 2.24) is 18.7 Å². The van der Waals surface area contributed by atoms with E-state index in [1.54, 1.807) is 11.8 Å². The molecule has 3 heterocycles. The van der Waals surface area contributed by atoms with Gasteiger partial charge < -0.3 is 4.57 Å². The number of imidazole rings is 1. The fourth-order valence-corrected chi connectivity index (χ4v) is 8.17. The summed E-state index contributed by atoms with van der Waals surface area (Å²) in [6, 6.07) is 46.7. The largest absolute Gasteiger partial charge is 0.319 e. The molecule has 4 nitrogen and oxygen atoms in total. The number of rotatable bonds is 7. The van der Waals surface area contributed by atoms with E-state index in [2.05, 4.69) is 190 Å². The second-order valence-electron chi connectivity index (χ2n) is 15.0. The number of fused-ring (bicyclic) bond motifs is 4. The number of benzene rings is 5.